The highest BCUT2D eigenvalue weighted by Crippen LogP contribution is 2.38. The standard InChI is InChI=1S/C18H19N3O5/c22-17-15-12(8-21(17)7-11-2-1-5-24-11)19-18(23)20-16(15)10-3-4-13-14(6-10)26-9-25-13/h3-4,6,11,16H,1-2,5,7-9H2,(H2,19,20,23)/t11-,16+/m1/s1. The Morgan fingerprint density at radius 1 is 1.19 bits per heavy atom. The third-order valence-corrected chi connectivity index (χ3v) is 5.20. The van der Waals surface area contributed by atoms with Gasteiger partial charge in [0.15, 0.2) is 11.5 Å². The van der Waals surface area contributed by atoms with E-state index in [2.05, 4.69) is 10.6 Å². The van der Waals surface area contributed by atoms with Gasteiger partial charge in [-0.15, -0.1) is 0 Å². The summed E-state index contributed by atoms with van der Waals surface area (Å²) >= 11 is 0. The SMILES string of the molecule is O=C1NC2=C(C(=O)N(C[C@H]3CCCO3)C2)[C@H](c2ccc3c(c2)OCO3)N1. The van der Waals surface area contributed by atoms with Crippen LogP contribution < -0.4 is 20.1 Å². The summed E-state index contributed by atoms with van der Waals surface area (Å²) in [6.45, 7) is 1.88. The molecule has 0 bridgehead atoms. The third-order valence-electron chi connectivity index (χ3n) is 5.20. The molecule has 0 aliphatic carbocycles. The number of nitrogens with one attached hydrogen (secondary N) is 2. The van der Waals surface area contributed by atoms with Crippen molar-refractivity contribution in [2.75, 3.05) is 26.5 Å². The number of urea groups is 1. The maximum atomic E-state index is 13.0. The zero-order chi connectivity index (χ0) is 17.7. The molecule has 2 N–H and O–H groups in total. The lowest BCUT2D eigenvalue weighted by molar-refractivity contribution is -0.127. The quantitative estimate of drug-likeness (QED) is 0.844. The Balaban J connectivity index is 1.43. The Bertz CT molecular complexity index is 815. The molecular weight excluding hydrogens is 338 g/mol. The summed E-state index contributed by atoms with van der Waals surface area (Å²) < 4.78 is 16.4. The van der Waals surface area contributed by atoms with Crippen molar-refractivity contribution >= 4 is 11.9 Å². The second-order valence-electron chi connectivity index (χ2n) is 6.86. The zero-order valence-corrected chi connectivity index (χ0v) is 14.1. The van der Waals surface area contributed by atoms with Crippen molar-refractivity contribution in [3.05, 3.63) is 35.0 Å². The fourth-order valence-corrected chi connectivity index (χ4v) is 3.95. The van der Waals surface area contributed by atoms with E-state index in [1.54, 1.807) is 11.0 Å². The van der Waals surface area contributed by atoms with Gasteiger partial charge in [0.25, 0.3) is 5.91 Å². The molecule has 1 aromatic carbocycles. The lowest BCUT2D eigenvalue weighted by atomic mass is 9.96. The Morgan fingerprint density at radius 2 is 2.08 bits per heavy atom. The molecule has 0 unspecified atom stereocenters. The van der Waals surface area contributed by atoms with Crippen LogP contribution in [0.15, 0.2) is 29.5 Å². The molecule has 2 atom stereocenters. The minimum Gasteiger partial charge on any atom is -0.454 e. The van der Waals surface area contributed by atoms with Gasteiger partial charge in [0.2, 0.25) is 6.79 Å². The number of rotatable bonds is 3. The smallest absolute Gasteiger partial charge is 0.319 e. The molecule has 1 fully saturated rings. The number of fused-ring (bicyclic) bond motifs is 1. The van der Waals surface area contributed by atoms with Gasteiger partial charge in [-0.1, -0.05) is 6.07 Å². The molecule has 0 saturated carbocycles. The van der Waals surface area contributed by atoms with Crippen LogP contribution in [0, 0.1) is 0 Å². The summed E-state index contributed by atoms with van der Waals surface area (Å²) in [6, 6.07) is 4.66. The van der Waals surface area contributed by atoms with Crippen LogP contribution in [0.2, 0.25) is 0 Å². The van der Waals surface area contributed by atoms with Gasteiger partial charge in [-0.05, 0) is 30.5 Å². The minimum atomic E-state index is -0.504. The van der Waals surface area contributed by atoms with E-state index in [1.807, 2.05) is 12.1 Å². The van der Waals surface area contributed by atoms with Gasteiger partial charge < -0.3 is 29.7 Å². The number of hydrogen-bond donors (Lipinski definition) is 2. The van der Waals surface area contributed by atoms with Crippen LogP contribution in [0.3, 0.4) is 0 Å². The molecule has 1 saturated heterocycles. The lowest BCUT2D eigenvalue weighted by Crippen LogP contribution is -2.44. The molecule has 26 heavy (non-hydrogen) atoms. The Hall–Kier alpha value is -2.74. The monoisotopic (exact) mass is 357 g/mol. The van der Waals surface area contributed by atoms with Crippen molar-refractivity contribution in [1.82, 2.24) is 15.5 Å². The van der Waals surface area contributed by atoms with E-state index in [9.17, 15) is 9.59 Å². The van der Waals surface area contributed by atoms with Crippen LogP contribution in [-0.2, 0) is 9.53 Å². The van der Waals surface area contributed by atoms with Crippen LogP contribution in [0.25, 0.3) is 0 Å². The highest BCUT2D eigenvalue weighted by Gasteiger charge is 2.41. The summed E-state index contributed by atoms with van der Waals surface area (Å²) in [5.74, 6) is 1.23. The molecule has 5 rings (SSSR count). The maximum absolute atomic E-state index is 13.0. The largest absolute Gasteiger partial charge is 0.454 e. The summed E-state index contributed by atoms with van der Waals surface area (Å²) in [7, 11) is 0. The fraction of sp³-hybridized carbons (Fsp3) is 0.444. The van der Waals surface area contributed by atoms with Gasteiger partial charge in [-0.25, -0.2) is 4.79 Å². The summed E-state index contributed by atoms with van der Waals surface area (Å²) in [5.41, 5.74) is 2.05. The molecule has 4 heterocycles. The van der Waals surface area contributed by atoms with E-state index in [0.717, 1.165) is 25.0 Å². The number of carbonyl (C=O) groups is 2. The first-order valence-corrected chi connectivity index (χ1v) is 8.80. The number of amides is 3. The molecule has 1 aromatic rings. The molecule has 8 nitrogen and oxygen atoms in total. The van der Waals surface area contributed by atoms with E-state index >= 15 is 0 Å². The molecule has 136 valence electrons. The van der Waals surface area contributed by atoms with E-state index in [1.165, 1.54) is 0 Å². The second-order valence-corrected chi connectivity index (χ2v) is 6.86. The third kappa shape index (κ3) is 2.48. The van der Waals surface area contributed by atoms with Crippen molar-refractivity contribution in [3.8, 4) is 11.5 Å². The predicted octanol–water partition coefficient (Wildman–Crippen LogP) is 1.04. The van der Waals surface area contributed by atoms with Crippen molar-refractivity contribution in [2.45, 2.75) is 25.0 Å². The summed E-state index contributed by atoms with van der Waals surface area (Å²) in [6.07, 6.45) is 2.07. The van der Waals surface area contributed by atoms with Crippen LogP contribution in [-0.4, -0.2) is 49.4 Å². The van der Waals surface area contributed by atoms with Crippen molar-refractivity contribution in [2.24, 2.45) is 0 Å². The minimum absolute atomic E-state index is 0.0642. The average Bonchev–Trinajstić information content (AvgIpc) is 3.35. The average molecular weight is 357 g/mol. The predicted molar refractivity (Wildman–Crippen MR) is 89.6 cm³/mol. The maximum Gasteiger partial charge on any atom is 0.319 e. The van der Waals surface area contributed by atoms with Crippen molar-refractivity contribution < 1.29 is 23.8 Å². The van der Waals surface area contributed by atoms with Gasteiger partial charge in [0.1, 0.15) is 0 Å². The summed E-state index contributed by atoms with van der Waals surface area (Å²) in [4.78, 5) is 26.9. The van der Waals surface area contributed by atoms with E-state index in [4.69, 9.17) is 14.2 Å². The second kappa shape index (κ2) is 5.91. The number of carbonyl (C=O) groups excluding carboxylic acids is 2. The number of ether oxygens (including phenoxy) is 3. The van der Waals surface area contributed by atoms with Gasteiger partial charge >= 0.3 is 6.03 Å². The van der Waals surface area contributed by atoms with Gasteiger partial charge in [0.05, 0.1) is 30.0 Å². The molecule has 4 aliphatic heterocycles. The Morgan fingerprint density at radius 3 is 2.92 bits per heavy atom. The number of benzene rings is 1. The Labute approximate surface area is 150 Å². The van der Waals surface area contributed by atoms with Crippen LogP contribution in [0.5, 0.6) is 11.5 Å². The first-order chi connectivity index (χ1) is 12.7. The molecule has 0 aromatic heterocycles. The molecular formula is C18H19N3O5. The first kappa shape index (κ1) is 15.5. The zero-order valence-electron chi connectivity index (χ0n) is 14.1. The van der Waals surface area contributed by atoms with Crippen LogP contribution >= 0.6 is 0 Å². The molecule has 0 spiro atoms. The molecule has 4 aliphatic rings. The highest BCUT2D eigenvalue weighted by molar-refractivity contribution is 6.01. The van der Waals surface area contributed by atoms with E-state index in [-0.39, 0.29) is 24.8 Å². The van der Waals surface area contributed by atoms with Crippen LogP contribution in [0.1, 0.15) is 24.4 Å². The van der Waals surface area contributed by atoms with Gasteiger partial charge in [-0.3, -0.25) is 4.79 Å². The molecule has 0 radical (unpaired) electrons. The normalized spacial score (nSPS) is 26.8. The van der Waals surface area contributed by atoms with Crippen molar-refractivity contribution in [1.29, 1.82) is 0 Å². The Kier molecular flexibility index (Phi) is 3.53. The van der Waals surface area contributed by atoms with Gasteiger partial charge in [-0.2, -0.15) is 0 Å². The summed E-state index contributed by atoms with van der Waals surface area (Å²) in [5, 5.41) is 5.64. The fourth-order valence-electron chi connectivity index (χ4n) is 3.95. The van der Waals surface area contributed by atoms with Gasteiger partial charge in [0, 0.05) is 13.2 Å². The molecule has 3 amide bonds. The van der Waals surface area contributed by atoms with Crippen molar-refractivity contribution in [3.63, 3.8) is 0 Å². The topological polar surface area (TPSA) is 89.1 Å². The highest BCUT2D eigenvalue weighted by atomic mass is 16.7. The van der Waals surface area contributed by atoms with E-state index in [0.29, 0.717) is 35.9 Å². The lowest BCUT2D eigenvalue weighted by Gasteiger charge is -2.25. The first-order valence-electron chi connectivity index (χ1n) is 8.80. The van der Waals surface area contributed by atoms with Crippen LogP contribution in [0.4, 0.5) is 4.79 Å². The number of hydrogen-bond acceptors (Lipinski definition) is 5. The number of nitrogens with zero attached hydrogens (tertiary/aromatic N) is 1. The molecule has 8 heteroatoms. The van der Waals surface area contributed by atoms with E-state index < -0.39 is 6.04 Å².